The first-order chi connectivity index (χ1) is 22.5. The minimum absolute atomic E-state index is 0.0548. The van der Waals surface area contributed by atoms with E-state index in [0.29, 0.717) is 12.8 Å². The van der Waals surface area contributed by atoms with Gasteiger partial charge >= 0.3 is 6.03 Å². The van der Waals surface area contributed by atoms with Crippen LogP contribution in [0.4, 0.5) is 4.79 Å². The minimum Gasteiger partial charge on any atom is -0.346 e. The van der Waals surface area contributed by atoms with E-state index in [9.17, 15) is 32.4 Å². The molecular weight excluding hydrogens is 693 g/mol. The number of nitrogens with one attached hydrogen (secondary N) is 4. The van der Waals surface area contributed by atoms with E-state index in [1.54, 1.807) is 41.5 Å². The summed E-state index contributed by atoms with van der Waals surface area (Å²) in [5, 5.41) is 11.0. The van der Waals surface area contributed by atoms with Crippen molar-refractivity contribution in [3.63, 3.8) is 0 Å². The monoisotopic (exact) mass is 745 g/mol. The van der Waals surface area contributed by atoms with Crippen LogP contribution in [0.3, 0.4) is 0 Å². The predicted octanol–water partition coefficient (Wildman–Crippen LogP) is 3.40. The fourth-order valence-electron chi connectivity index (χ4n) is 7.06. The van der Waals surface area contributed by atoms with E-state index in [0.717, 1.165) is 32.1 Å². The van der Waals surface area contributed by atoms with Gasteiger partial charge in [0.1, 0.15) is 16.4 Å². The highest BCUT2D eigenvalue weighted by Crippen LogP contribution is 2.65. The molecule has 5 amide bonds. The van der Waals surface area contributed by atoms with Gasteiger partial charge in [-0.1, -0.05) is 59.0 Å². The molecule has 4 aliphatic rings. The Morgan fingerprint density at radius 3 is 2.12 bits per heavy atom. The largest absolute Gasteiger partial charge is 0.346 e. The average molecular weight is 747 g/mol. The number of sulfone groups is 1. The average Bonchev–Trinajstić information content (AvgIpc) is 3.84. The Morgan fingerprint density at radius 1 is 0.980 bits per heavy atom. The van der Waals surface area contributed by atoms with Crippen molar-refractivity contribution in [2.24, 2.45) is 23.2 Å². The molecule has 12 nitrogen and oxygen atoms in total. The molecule has 15 heteroatoms. The summed E-state index contributed by atoms with van der Waals surface area (Å²) in [6.07, 6.45) is 6.90. The standard InChI is InChI=1S/C34H53Cl2N5O7S/c1-8-16-37-28(44)25(42)22(17-20-12-13-20)38-27(43)24-23-21(34(23,35)36)18-41(24)29(45)26(31(2,3)4)39-30(46)40-33(14-10-9-11-15-33)19-49(47,48)32(5,6)7/h8,20-24,26H,1,9-19H2,2-7H3,(H,37,44)(H,38,43)(H2,39,40,46)/t21-,22?,23?,24-,26+/m0/s1. The number of nitrogens with zero attached hydrogens (tertiary/aromatic N) is 1. The molecule has 1 heterocycles. The van der Waals surface area contributed by atoms with Crippen molar-refractivity contribution in [1.29, 1.82) is 0 Å². The Hall–Kier alpha value is -2.38. The van der Waals surface area contributed by atoms with Crippen LogP contribution >= 0.6 is 23.2 Å². The highest BCUT2D eigenvalue weighted by molar-refractivity contribution is 7.92. The molecule has 4 fully saturated rings. The molecule has 0 bridgehead atoms. The molecule has 276 valence electrons. The fraction of sp³-hybridized carbons (Fsp3) is 0.794. The van der Waals surface area contributed by atoms with Crippen LogP contribution in [0.5, 0.6) is 0 Å². The molecule has 5 atom stereocenters. The Bertz CT molecular complexity index is 1440. The number of hydrogen-bond acceptors (Lipinski definition) is 7. The Kier molecular flexibility index (Phi) is 11.5. The molecular formula is C34H53Cl2N5O7S. The summed E-state index contributed by atoms with van der Waals surface area (Å²) in [4.78, 5) is 69.0. The highest BCUT2D eigenvalue weighted by Gasteiger charge is 2.74. The van der Waals surface area contributed by atoms with Gasteiger partial charge < -0.3 is 26.2 Å². The van der Waals surface area contributed by atoms with E-state index in [4.69, 9.17) is 23.2 Å². The number of piperidine rings is 1. The van der Waals surface area contributed by atoms with Crippen molar-refractivity contribution in [2.75, 3.05) is 18.8 Å². The topological polar surface area (TPSA) is 171 Å². The molecule has 0 spiro atoms. The third kappa shape index (κ3) is 8.92. The van der Waals surface area contributed by atoms with Gasteiger partial charge in [0.2, 0.25) is 17.6 Å². The number of ketones is 1. The third-order valence-electron chi connectivity index (χ3n) is 10.4. The van der Waals surface area contributed by atoms with Gasteiger partial charge in [-0.2, -0.15) is 0 Å². The maximum atomic E-state index is 14.4. The van der Waals surface area contributed by atoms with E-state index < -0.39 is 89.4 Å². The number of alkyl halides is 2. The first-order valence-electron chi connectivity index (χ1n) is 17.3. The van der Waals surface area contributed by atoms with Crippen LogP contribution in [-0.2, 0) is 29.0 Å². The molecule has 1 saturated heterocycles. The highest BCUT2D eigenvalue weighted by atomic mass is 35.5. The number of carbonyl (C=O) groups excluding carboxylic acids is 5. The van der Waals surface area contributed by atoms with Crippen LogP contribution in [0.1, 0.15) is 92.9 Å². The number of hydrogen-bond donors (Lipinski definition) is 4. The number of likely N-dealkylation sites (tertiary alicyclic amines) is 1. The van der Waals surface area contributed by atoms with Crippen molar-refractivity contribution in [3.05, 3.63) is 12.7 Å². The van der Waals surface area contributed by atoms with Crippen molar-refractivity contribution in [1.82, 2.24) is 26.2 Å². The summed E-state index contributed by atoms with van der Waals surface area (Å²) in [5.74, 6) is -3.87. The molecule has 4 rings (SSSR count). The van der Waals surface area contributed by atoms with Gasteiger partial charge in [0.05, 0.1) is 22.1 Å². The van der Waals surface area contributed by atoms with Crippen LogP contribution in [0.15, 0.2) is 12.7 Å². The molecule has 3 aliphatic carbocycles. The van der Waals surface area contributed by atoms with Crippen LogP contribution in [0, 0.1) is 23.2 Å². The minimum atomic E-state index is -3.59. The maximum absolute atomic E-state index is 14.4. The zero-order chi connectivity index (χ0) is 36.7. The van der Waals surface area contributed by atoms with Gasteiger partial charge in [-0.15, -0.1) is 29.8 Å². The third-order valence-corrected chi connectivity index (χ3v) is 14.3. The molecule has 49 heavy (non-hydrogen) atoms. The zero-order valence-corrected chi connectivity index (χ0v) is 31.8. The van der Waals surface area contributed by atoms with Gasteiger partial charge in [-0.05, 0) is 51.4 Å². The number of halogens is 2. The van der Waals surface area contributed by atoms with Crippen LogP contribution < -0.4 is 21.3 Å². The van der Waals surface area contributed by atoms with E-state index in [1.807, 2.05) is 0 Å². The maximum Gasteiger partial charge on any atom is 0.315 e. The lowest BCUT2D eigenvalue weighted by atomic mass is 9.83. The van der Waals surface area contributed by atoms with Gasteiger partial charge in [0.25, 0.3) is 5.91 Å². The van der Waals surface area contributed by atoms with E-state index in [-0.39, 0.29) is 31.2 Å². The number of carbonyl (C=O) groups is 5. The normalized spacial score (nSPS) is 25.6. The molecule has 0 aromatic carbocycles. The fourth-order valence-corrected chi connectivity index (χ4v) is 9.40. The Labute approximate surface area is 300 Å². The lowest BCUT2D eigenvalue weighted by Crippen LogP contribution is -2.64. The van der Waals surface area contributed by atoms with Gasteiger partial charge in [-0.25, -0.2) is 13.2 Å². The van der Waals surface area contributed by atoms with Crippen molar-refractivity contribution >= 4 is 62.6 Å². The zero-order valence-electron chi connectivity index (χ0n) is 29.5. The van der Waals surface area contributed by atoms with Crippen LogP contribution in [0.2, 0.25) is 0 Å². The van der Waals surface area contributed by atoms with Gasteiger partial charge in [0, 0.05) is 24.9 Å². The lowest BCUT2D eigenvalue weighted by molar-refractivity contribution is -0.144. The SMILES string of the molecule is C=CCNC(=O)C(=O)C(CC1CC1)NC(=O)[C@@H]1C2[C@H](CN1C(=O)[C@@H](NC(=O)NC1(CS(=O)(=O)C(C)(C)C)CCCCC1)C(C)(C)C)C2(Cl)Cl. The summed E-state index contributed by atoms with van der Waals surface area (Å²) >= 11 is 13.1. The molecule has 0 aromatic heterocycles. The van der Waals surface area contributed by atoms with Gasteiger partial charge in [0.15, 0.2) is 9.84 Å². The number of amides is 5. The summed E-state index contributed by atoms with van der Waals surface area (Å²) in [6.45, 7) is 13.9. The first kappa shape index (κ1) is 39.4. The van der Waals surface area contributed by atoms with E-state index in [2.05, 4.69) is 27.8 Å². The van der Waals surface area contributed by atoms with E-state index in [1.165, 1.54) is 11.0 Å². The lowest BCUT2D eigenvalue weighted by Gasteiger charge is -2.41. The number of Topliss-reactive ketones (excluding diaryl/α,β-unsaturated/α-hetero) is 1. The quantitative estimate of drug-likeness (QED) is 0.127. The Balaban J connectivity index is 1.55. The number of urea groups is 1. The molecule has 1 aliphatic heterocycles. The molecule has 4 N–H and O–H groups in total. The summed E-state index contributed by atoms with van der Waals surface area (Å²) in [5.41, 5.74) is -1.82. The van der Waals surface area contributed by atoms with Crippen molar-refractivity contribution < 1.29 is 32.4 Å². The second-order valence-corrected chi connectivity index (χ2v) is 20.6. The van der Waals surface area contributed by atoms with Crippen LogP contribution in [-0.4, -0.2) is 94.4 Å². The summed E-state index contributed by atoms with van der Waals surface area (Å²) < 4.78 is 24.3. The number of fused-ring (bicyclic) bond motifs is 1. The smallest absolute Gasteiger partial charge is 0.315 e. The molecule has 0 aromatic rings. The summed E-state index contributed by atoms with van der Waals surface area (Å²) in [7, 11) is -3.59. The number of rotatable bonds is 13. The van der Waals surface area contributed by atoms with Gasteiger partial charge in [-0.3, -0.25) is 19.2 Å². The molecule has 0 radical (unpaired) electrons. The summed E-state index contributed by atoms with van der Waals surface area (Å²) in [6, 6.07) is -4.03. The molecule has 2 unspecified atom stereocenters. The second kappa shape index (κ2) is 14.3. The van der Waals surface area contributed by atoms with Crippen LogP contribution in [0.25, 0.3) is 0 Å². The second-order valence-electron chi connectivity index (χ2n) is 16.5. The van der Waals surface area contributed by atoms with Crippen molar-refractivity contribution in [2.45, 2.75) is 126 Å². The Morgan fingerprint density at radius 2 is 1.59 bits per heavy atom. The van der Waals surface area contributed by atoms with Crippen molar-refractivity contribution in [3.8, 4) is 0 Å². The van der Waals surface area contributed by atoms with E-state index >= 15 is 0 Å². The molecule has 3 saturated carbocycles. The first-order valence-corrected chi connectivity index (χ1v) is 19.7. The predicted molar refractivity (Wildman–Crippen MR) is 189 cm³/mol.